The second kappa shape index (κ2) is 6.01. The molecule has 0 aliphatic rings. The number of carbonyl (C=O) groups is 1. The Kier molecular flexibility index (Phi) is 4.14. The van der Waals surface area contributed by atoms with Crippen molar-refractivity contribution in [2.24, 2.45) is 0 Å². The molecular weight excluding hydrogens is 266 g/mol. The van der Waals surface area contributed by atoms with Crippen molar-refractivity contribution in [1.29, 1.82) is 0 Å². The minimum Gasteiger partial charge on any atom is -0.484 e. The Bertz CT molecular complexity index is 612. The quantitative estimate of drug-likeness (QED) is 0.845. The molecule has 104 valence electrons. The minimum absolute atomic E-state index is 0.0507. The molecule has 1 amide bonds. The van der Waals surface area contributed by atoms with Crippen molar-refractivity contribution < 1.29 is 18.3 Å². The van der Waals surface area contributed by atoms with Gasteiger partial charge in [-0.1, -0.05) is 6.07 Å². The molecule has 3 N–H and O–H groups in total. The number of hydrogen-bond acceptors (Lipinski definition) is 3. The first kappa shape index (κ1) is 13.8. The molecule has 0 atom stereocenters. The maximum absolute atomic E-state index is 12.9. The van der Waals surface area contributed by atoms with Gasteiger partial charge in [-0.15, -0.1) is 0 Å². The normalized spacial score (nSPS) is 10.1. The molecule has 4 nitrogen and oxygen atoms in total. The summed E-state index contributed by atoms with van der Waals surface area (Å²) in [5, 5.41) is 2.55. The molecule has 2 aromatic carbocycles. The Morgan fingerprint density at radius 1 is 1.15 bits per heavy atom. The molecule has 0 bridgehead atoms. The summed E-state index contributed by atoms with van der Waals surface area (Å²) in [6.45, 7) is -0.363. The summed E-state index contributed by atoms with van der Waals surface area (Å²) in [5.41, 5.74) is 6.59. The highest BCUT2D eigenvalue weighted by atomic mass is 19.1. The molecule has 20 heavy (non-hydrogen) atoms. The predicted molar refractivity (Wildman–Crippen MR) is 71.3 cm³/mol. The monoisotopic (exact) mass is 278 g/mol. The number of carbonyl (C=O) groups excluding carboxylic acids is 1. The van der Waals surface area contributed by atoms with Crippen LogP contribution in [0.4, 0.5) is 20.2 Å². The highest BCUT2D eigenvalue weighted by molar-refractivity contribution is 5.92. The molecule has 0 spiro atoms. The molecule has 0 aromatic heterocycles. The van der Waals surface area contributed by atoms with E-state index in [1.807, 2.05) is 0 Å². The van der Waals surface area contributed by atoms with Crippen LogP contribution in [0.25, 0.3) is 0 Å². The van der Waals surface area contributed by atoms with Crippen LogP contribution in [0.15, 0.2) is 42.5 Å². The Labute approximate surface area is 114 Å². The van der Waals surface area contributed by atoms with Crippen LogP contribution in [0, 0.1) is 11.6 Å². The molecular formula is C14H12F2N2O2. The fraction of sp³-hybridized carbons (Fsp3) is 0.0714. The standard InChI is InChI=1S/C14H12F2N2O2/c15-9-4-10(16)6-13(5-9)20-8-14(19)18-12-3-1-2-11(17)7-12/h1-7H,8,17H2,(H,18,19). The maximum atomic E-state index is 12.9. The molecule has 0 unspecified atom stereocenters. The van der Waals surface area contributed by atoms with Crippen LogP contribution in [0.1, 0.15) is 0 Å². The first-order valence-electron chi connectivity index (χ1n) is 5.77. The molecule has 0 radical (unpaired) electrons. The minimum atomic E-state index is -0.767. The van der Waals surface area contributed by atoms with Crippen molar-refractivity contribution >= 4 is 17.3 Å². The zero-order valence-electron chi connectivity index (χ0n) is 10.4. The van der Waals surface area contributed by atoms with Crippen LogP contribution < -0.4 is 15.8 Å². The SMILES string of the molecule is Nc1cccc(NC(=O)COc2cc(F)cc(F)c2)c1. The summed E-state index contributed by atoms with van der Waals surface area (Å²) in [5.74, 6) is -2.04. The largest absolute Gasteiger partial charge is 0.484 e. The van der Waals surface area contributed by atoms with Gasteiger partial charge >= 0.3 is 0 Å². The van der Waals surface area contributed by atoms with E-state index < -0.39 is 17.5 Å². The summed E-state index contributed by atoms with van der Waals surface area (Å²) in [4.78, 5) is 11.6. The highest BCUT2D eigenvalue weighted by Crippen LogP contribution is 2.16. The zero-order valence-corrected chi connectivity index (χ0v) is 10.4. The van der Waals surface area contributed by atoms with Crippen LogP contribution in [-0.4, -0.2) is 12.5 Å². The van der Waals surface area contributed by atoms with Gasteiger partial charge in [0.05, 0.1) is 0 Å². The lowest BCUT2D eigenvalue weighted by Crippen LogP contribution is -2.20. The number of amides is 1. The fourth-order valence-corrected chi connectivity index (χ4v) is 1.57. The third kappa shape index (κ3) is 3.94. The molecule has 0 saturated heterocycles. The van der Waals surface area contributed by atoms with E-state index in [0.29, 0.717) is 11.4 Å². The number of hydrogen-bond donors (Lipinski definition) is 2. The van der Waals surface area contributed by atoms with E-state index >= 15 is 0 Å². The third-order valence-electron chi connectivity index (χ3n) is 2.38. The van der Waals surface area contributed by atoms with E-state index in [1.54, 1.807) is 24.3 Å². The van der Waals surface area contributed by atoms with E-state index in [4.69, 9.17) is 10.5 Å². The van der Waals surface area contributed by atoms with Crippen molar-refractivity contribution in [2.45, 2.75) is 0 Å². The predicted octanol–water partition coefficient (Wildman–Crippen LogP) is 2.56. The molecule has 2 aromatic rings. The number of nitrogen functional groups attached to an aromatic ring is 1. The molecule has 0 aliphatic carbocycles. The van der Waals surface area contributed by atoms with Crippen molar-refractivity contribution in [3.63, 3.8) is 0 Å². The van der Waals surface area contributed by atoms with Crippen molar-refractivity contribution in [3.05, 3.63) is 54.1 Å². The van der Waals surface area contributed by atoms with Crippen LogP contribution in [0.3, 0.4) is 0 Å². The van der Waals surface area contributed by atoms with E-state index in [2.05, 4.69) is 5.32 Å². The van der Waals surface area contributed by atoms with Gasteiger partial charge in [0.1, 0.15) is 17.4 Å². The van der Waals surface area contributed by atoms with Crippen molar-refractivity contribution in [3.8, 4) is 5.75 Å². The van der Waals surface area contributed by atoms with Crippen LogP contribution in [0.2, 0.25) is 0 Å². The fourth-order valence-electron chi connectivity index (χ4n) is 1.57. The highest BCUT2D eigenvalue weighted by Gasteiger charge is 2.06. The lowest BCUT2D eigenvalue weighted by Gasteiger charge is -2.08. The number of ether oxygens (including phenoxy) is 1. The molecule has 0 aliphatic heterocycles. The van der Waals surface area contributed by atoms with E-state index in [1.165, 1.54) is 0 Å². The van der Waals surface area contributed by atoms with Crippen molar-refractivity contribution in [2.75, 3.05) is 17.7 Å². The molecule has 6 heteroatoms. The van der Waals surface area contributed by atoms with Crippen molar-refractivity contribution in [1.82, 2.24) is 0 Å². The molecule has 0 fully saturated rings. The average molecular weight is 278 g/mol. The number of benzene rings is 2. The number of anilines is 2. The first-order chi connectivity index (χ1) is 9.52. The van der Waals surface area contributed by atoms with Crippen LogP contribution >= 0.6 is 0 Å². The number of rotatable bonds is 4. The van der Waals surface area contributed by atoms with Gasteiger partial charge < -0.3 is 15.8 Å². The Morgan fingerprint density at radius 2 is 1.85 bits per heavy atom. The summed E-state index contributed by atoms with van der Waals surface area (Å²) < 4.78 is 30.8. The first-order valence-corrected chi connectivity index (χ1v) is 5.77. The van der Waals surface area contributed by atoms with Crippen LogP contribution in [0.5, 0.6) is 5.75 Å². The summed E-state index contributed by atoms with van der Waals surface area (Å²) >= 11 is 0. The lowest BCUT2D eigenvalue weighted by molar-refractivity contribution is -0.118. The lowest BCUT2D eigenvalue weighted by atomic mass is 10.3. The van der Waals surface area contributed by atoms with Gasteiger partial charge in [0.2, 0.25) is 0 Å². The summed E-state index contributed by atoms with van der Waals surface area (Å²) in [6, 6.07) is 9.33. The second-order valence-corrected chi connectivity index (χ2v) is 4.07. The van der Waals surface area contributed by atoms with Gasteiger partial charge in [0, 0.05) is 29.6 Å². The van der Waals surface area contributed by atoms with E-state index in [-0.39, 0.29) is 12.4 Å². The zero-order chi connectivity index (χ0) is 14.5. The topological polar surface area (TPSA) is 64.3 Å². The average Bonchev–Trinajstić information content (AvgIpc) is 2.35. The second-order valence-electron chi connectivity index (χ2n) is 4.07. The number of nitrogens with two attached hydrogens (primary N) is 1. The van der Waals surface area contributed by atoms with E-state index in [0.717, 1.165) is 18.2 Å². The van der Waals surface area contributed by atoms with Gasteiger partial charge in [-0.2, -0.15) is 0 Å². The van der Waals surface area contributed by atoms with Crippen LogP contribution in [-0.2, 0) is 4.79 Å². The smallest absolute Gasteiger partial charge is 0.262 e. The van der Waals surface area contributed by atoms with Gasteiger partial charge in [-0.3, -0.25) is 4.79 Å². The van der Waals surface area contributed by atoms with Gasteiger partial charge in [-0.25, -0.2) is 8.78 Å². The molecule has 2 rings (SSSR count). The summed E-state index contributed by atoms with van der Waals surface area (Å²) in [6.07, 6.45) is 0. The maximum Gasteiger partial charge on any atom is 0.262 e. The van der Waals surface area contributed by atoms with Gasteiger partial charge in [0.25, 0.3) is 5.91 Å². The number of nitrogens with one attached hydrogen (secondary N) is 1. The molecule has 0 saturated carbocycles. The van der Waals surface area contributed by atoms with E-state index in [9.17, 15) is 13.6 Å². The Morgan fingerprint density at radius 3 is 2.50 bits per heavy atom. The Hall–Kier alpha value is -2.63. The Balaban J connectivity index is 1.92. The van der Waals surface area contributed by atoms with Gasteiger partial charge in [-0.05, 0) is 18.2 Å². The van der Waals surface area contributed by atoms with Gasteiger partial charge in [0.15, 0.2) is 6.61 Å². The number of halogens is 2. The third-order valence-corrected chi connectivity index (χ3v) is 2.38. The molecule has 0 heterocycles. The summed E-state index contributed by atoms with van der Waals surface area (Å²) in [7, 11) is 0.